The summed E-state index contributed by atoms with van der Waals surface area (Å²) in [7, 11) is 0. The van der Waals surface area contributed by atoms with Crippen LogP contribution < -0.4 is 5.32 Å². The summed E-state index contributed by atoms with van der Waals surface area (Å²) >= 11 is 0. The zero-order valence-corrected chi connectivity index (χ0v) is 16.1. The maximum Gasteiger partial charge on any atom is 0.223 e. The fraction of sp³-hybridized carbons (Fsp3) is 0.364. The number of benzene rings is 2. The number of hydrogen-bond donors (Lipinski definition) is 1. The molecule has 0 atom stereocenters. The van der Waals surface area contributed by atoms with Gasteiger partial charge in [-0.15, -0.1) is 0 Å². The van der Waals surface area contributed by atoms with Gasteiger partial charge in [0.25, 0.3) is 0 Å². The molecular formula is C22H25FN4O. The van der Waals surface area contributed by atoms with Crippen LogP contribution in [0.5, 0.6) is 0 Å². The summed E-state index contributed by atoms with van der Waals surface area (Å²) in [6.07, 6.45) is 1.73. The SMILES string of the molecule is CCNC(=O)C1CCN(Cc2nc3ccccc3n2-c2ccc(F)cc2)CC1. The van der Waals surface area contributed by atoms with E-state index in [1.165, 1.54) is 12.1 Å². The molecule has 0 unspecified atom stereocenters. The van der Waals surface area contributed by atoms with Gasteiger partial charge in [0.05, 0.1) is 17.6 Å². The first kappa shape index (κ1) is 18.6. The lowest BCUT2D eigenvalue weighted by Gasteiger charge is -2.31. The summed E-state index contributed by atoms with van der Waals surface area (Å²) in [5.41, 5.74) is 2.85. The van der Waals surface area contributed by atoms with Gasteiger partial charge in [0.1, 0.15) is 11.6 Å². The van der Waals surface area contributed by atoms with Crippen molar-refractivity contribution >= 4 is 16.9 Å². The average Bonchev–Trinajstić information content (AvgIpc) is 3.07. The molecule has 2 aromatic carbocycles. The predicted octanol–water partition coefficient (Wildman–Crippen LogP) is 3.51. The van der Waals surface area contributed by atoms with Crippen LogP contribution >= 0.6 is 0 Å². The lowest BCUT2D eigenvalue weighted by Crippen LogP contribution is -2.40. The number of imidazole rings is 1. The van der Waals surface area contributed by atoms with Gasteiger partial charge in [0.2, 0.25) is 5.91 Å². The fourth-order valence-electron chi connectivity index (χ4n) is 3.93. The van der Waals surface area contributed by atoms with Crippen molar-refractivity contribution in [1.82, 2.24) is 19.8 Å². The van der Waals surface area contributed by atoms with Gasteiger partial charge >= 0.3 is 0 Å². The Bertz CT molecular complexity index is 958. The van der Waals surface area contributed by atoms with Crippen molar-refractivity contribution in [2.24, 2.45) is 5.92 Å². The van der Waals surface area contributed by atoms with Crippen LogP contribution in [0.15, 0.2) is 48.5 Å². The summed E-state index contributed by atoms with van der Waals surface area (Å²) in [4.78, 5) is 19.3. The van der Waals surface area contributed by atoms with Crippen molar-refractivity contribution in [1.29, 1.82) is 0 Å². The number of nitrogens with one attached hydrogen (secondary N) is 1. The highest BCUT2D eigenvalue weighted by Crippen LogP contribution is 2.25. The smallest absolute Gasteiger partial charge is 0.223 e. The number of carbonyl (C=O) groups is 1. The van der Waals surface area contributed by atoms with Crippen molar-refractivity contribution in [2.75, 3.05) is 19.6 Å². The van der Waals surface area contributed by atoms with E-state index in [1.807, 2.05) is 31.2 Å². The maximum atomic E-state index is 13.4. The Morgan fingerprint density at radius 2 is 1.86 bits per heavy atom. The second kappa shape index (κ2) is 8.10. The minimum atomic E-state index is -0.248. The van der Waals surface area contributed by atoms with Gasteiger partial charge in [-0.3, -0.25) is 14.3 Å². The number of carbonyl (C=O) groups excluding carboxylic acids is 1. The van der Waals surface area contributed by atoms with E-state index in [4.69, 9.17) is 4.98 Å². The van der Waals surface area contributed by atoms with Crippen molar-refractivity contribution in [3.63, 3.8) is 0 Å². The van der Waals surface area contributed by atoms with E-state index in [2.05, 4.69) is 14.8 Å². The van der Waals surface area contributed by atoms with Crippen LogP contribution in [0.2, 0.25) is 0 Å². The molecule has 146 valence electrons. The Morgan fingerprint density at radius 1 is 1.14 bits per heavy atom. The lowest BCUT2D eigenvalue weighted by molar-refractivity contribution is -0.126. The third-order valence-corrected chi connectivity index (χ3v) is 5.39. The number of nitrogens with zero attached hydrogens (tertiary/aromatic N) is 3. The largest absolute Gasteiger partial charge is 0.356 e. The Labute approximate surface area is 164 Å². The van der Waals surface area contributed by atoms with E-state index in [9.17, 15) is 9.18 Å². The van der Waals surface area contributed by atoms with Crippen LogP contribution in [0.4, 0.5) is 4.39 Å². The van der Waals surface area contributed by atoms with Crippen LogP contribution in [0.1, 0.15) is 25.6 Å². The monoisotopic (exact) mass is 380 g/mol. The second-order valence-corrected chi connectivity index (χ2v) is 7.27. The number of piperidine rings is 1. The van der Waals surface area contributed by atoms with Crippen LogP contribution in [-0.2, 0) is 11.3 Å². The first-order valence-corrected chi connectivity index (χ1v) is 9.88. The summed E-state index contributed by atoms with van der Waals surface area (Å²) in [6.45, 7) is 5.07. The molecule has 0 bridgehead atoms. The van der Waals surface area contributed by atoms with Crippen molar-refractivity contribution in [3.05, 3.63) is 60.2 Å². The number of halogens is 1. The Kier molecular flexibility index (Phi) is 5.39. The molecule has 1 aromatic heterocycles. The summed E-state index contributed by atoms with van der Waals surface area (Å²) < 4.78 is 15.5. The molecule has 5 nitrogen and oxygen atoms in total. The molecule has 1 N–H and O–H groups in total. The normalized spacial score (nSPS) is 15.8. The van der Waals surface area contributed by atoms with Crippen LogP contribution in [0.25, 0.3) is 16.7 Å². The van der Waals surface area contributed by atoms with E-state index in [0.717, 1.165) is 48.5 Å². The molecule has 1 aliphatic heterocycles. The van der Waals surface area contributed by atoms with E-state index in [-0.39, 0.29) is 17.6 Å². The van der Waals surface area contributed by atoms with Crippen LogP contribution in [0.3, 0.4) is 0 Å². The zero-order valence-electron chi connectivity index (χ0n) is 16.1. The number of rotatable bonds is 5. The fourth-order valence-corrected chi connectivity index (χ4v) is 3.93. The van der Waals surface area contributed by atoms with Gasteiger partial charge in [-0.1, -0.05) is 12.1 Å². The molecular weight excluding hydrogens is 355 g/mol. The Balaban J connectivity index is 1.57. The highest BCUT2D eigenvalue weighted by atomic mass is 19.1. The number of aromatic nitrogens is 2. The number of likely N-dealkylation sites (tertiary alicyclic amines) is 1. The maximum absolute atomic E-state index is 13.4. The van der Waals surface area contributed by atoms with Crippen molar-refractivity contribution < 1.29 is 9.18 Å². The molecule has 28 heavy (non-hydrogen) atoms. The van der Waals surface area contributed by atoms with Crippen molar-refractivity contribution in [2.45, 2.75) is 26.3 Å². The van der Waals surface area contributed by atoms with Crippen molar-refractivity contribution in [3.8, 4) is 5.69 Å². The summed E-state index contributed by atoms with van der Waals surface area (Å²) in [6, 6.07) is 14.5. The van der Waals surface area contributed by atoms with Gasteiger partial charge in [-0.05, 0) is 69.3 Å². The molecule has 3 aromatic rings. The minimum absolute atomic E-state index is 0.104. The molecule has 1 aliphatic rings. The molecule has 0 spiro atoms. The minimum Gasteiger partial charge on any atom is -0.356 e. The van der Waals surface area contributed by atoms with E-state index in [0.29, 0.717) is 13.1 Å². The highest BCUT2D eigenvalue weighted by molar-refractivity contribution is 5.79. The molecule has 1 saturated heterocycles. The highest BCUT2D eigenvalue weighted by Gasteiger charge is 2.25. The molecule has 2 heterocycles. The summed E-state index contributed by atoms with van der Waals surface area (Å²) in [5.74, 6) is 0.958. The van der Waals surface area contributed by atoms with Gasteiger partial charge < -0.3 is 5.32 Å². The molecule has 0 radical (unpaired) electrons. The topological polar surface area (TPSA) is 50.2 Å². The first-order chi connectivity index (χ1) is 13.7. The third kappa shape index (κ3) is 3.78. The predicted molar refractivity (Wildman–Crippen MR) is 108 cm³/mol. The number of amides is 1. The van der Waals surface area contributed by atoms with Gasteiger partial charge in [-0.25, -0.2) is 9.37 Å². The zero-order chi connectivity index (χ0) is 19.5. The Hall–Kier alpha value is -2.73. The molecule has 6 heteroatoms. The average molecular weight is 380 g/mol. The number of fused-ring (bicyclic) bond motifs is 1. The van der Waals surface area contributed by atoms with E-state index in [1.54, 1.807) is 12.1 Å². The van der Waals surface area contributed by atoms with Gasteiger partial charge in [0, 0.05) is 18.2 Å². The van der Waals surface area contributed by atoms with Crippen LogP contribution in [0, 0.1) is 11.7 Å². The molecule has 0 saturated carbocycles. The first-order valence-electron chi connectivity index (χ1n) is 9.88. The lowest BCUT2D eigenvalue weighted by atomic mass is 9.96. The van der Waals surface area contributed by atoms with Gasteiger partial charge in [-0.2, -0.15) is 0 Å². The summed E-state index contributed by atoms with van der Waals surface area (Å²) in [5, 5.41) is 2.93. The van der Waals surface area contributed by atoms with Gasteiger partial charge in [0.15, 0.2) is 0 Å². The molecule has 4 rings (SSSR count). The van der Waals surface area contributed by atoms with Crippen LogP contribution in [-0.4, -0.2) is 40.0 Å². The number of hydrogen-bond acceptors (Lipinski definition) is 3. The standard InChI is InChI=1S/C22H25FN4O/c1-2-24-22(28)16-11-13-26(14-12-16)15-21-25-19-5-3-4-6-20(19)27(21)18-9-7-17(23)8-10-18/h3-10,16H,2,11-15H2,1H3,(H,24,28). The molecule has 1 fully saturated rings. The Morgan fingerprint density at radius 3 is 2.57 bits per heavy atom. The van der Waals surface area contributed by atoms with E-state index < -0.39 is 0 Å². The van der Waals surface area contributed by atoms with E-state index >= 15 is 0 Å². The molecule has 1 amide bonds. The second-order valence-electron chi connectivity index (χ2n) is 7.27. The third-order valence-electron chi connectivity index (χ3n) is 5.39. The molecule has 0 aliphatic carbocycles. The number of para-hydroxylation sites is 2. The quantitative estimate of drug-likeness (QED) is 0.737.